The maximum Gasteiger partial charge on any atom is 0.212 e. The number of aromatic nitrogens is 5. The molecule has 5 rings (SSSR count). The molecule has 31 heavy (non-hydrogen) atoms. The molecule has 0 unspecified atom stereocenters. The second-order valence-electron chi connectivity index (χ2n) is 7.13. The van der Waals surface area contributed by atoms with Crippen LogP contribution in [0.5, 0.6) is 5.88 Å². The Morgan fingerprint density at radius 3 is 2.81 bits per heavy atom. The number of methoxy groups -OCH3 is 1. The Morgan fingerprint density at radius 1 is 1.16 bits per heavy atom. The Hall–Kier alpha value is -3.08. The van der Waals surface area contributed by atoms with E-state index in [0.29, 0.717) is 11.7 Å². The van der Waals surface area contributed by atoms with Crippen LogP contribution in [0.25, 0.3) is 28.2 Å². The number of fused-ring (bicyclic) bond motifs is 1. The molecular formula is C21H23N7O2S. The normalized spacial score (nSPS) is 14.7. The fourth-order valence-corrected chi connectivity index (χ4v) is 4.15. The number of hydrogen-bond acceptors (Lipinski definition) is 9. The summed E-state index contributed by atoms with van der Waals surface area (Å²) in [7, 11) is 1.60. The van der Waals surface area contributed by atoms with Crippen LogP contribution in [0.15, 0.2) is 41.5 Å². The first kappa shape index (κ1) is 19.9. The number of imidazole rings is 1. The van der Waals surface area contributed by atoms with E-state index in [1.54, 1.807) is 31.0 Å². The highest BCUT2D eigenvalue weighted by molar-refractivity contribution is 7.08. The van der Waals surface area contributed by atoms with Crippen LogP contribution in [0.4, 0.5) is 5.82 Å². The van der Waals surface area contributed by atoms with Crippen LogP contribution < -0.4 is 10.1 Å². The Balaban J connectivity index is 1.49. The lowest BCUT2D eigenvalue weighted by atomic mass is 10.2. The third kappa shape index (κ3) is 4.22. The molecule has 1 fully saturated rings. The molecule has 9 nitrogen and oxygen atoms in total. The molecule has 0 bridgehead atoms. The lowest BCUT2D eigenvalue weighted by Crippen LogP contribution is -2.39. The first-order valence-corrected chi connectivity index (χ1v) is 11.1. The first-order valence-electron chi connectivity index (χ1n) is 10.1. The zero-order chi connectivity index (χ0) is 21.0. The maximum atomic E-state index is 5.43. The molecule has 4 aromatic heterocycles. The van der Waals surface area contributed by atoms with E-state index in [-0.39, 0.29) is 0 Å². The van der Waals surface area contributed by atoms with Crippen molar-refractivity contribution in [1.82, 2.24) is 29.4 Å². The van der Waals surface area contributed by atoms with Crippen molar-refractivity contribution >= 4 is 28.3 Å². The van der Waals surface area contributed by atoms with Crippen LogP contribution in [-0.4, -0.2) is 75.9 Å². The number of thiophene rings is 1. The van der Waals surface area contributed by atoms with Gasteiger partial charge in [-0.3, -0.25) is 9.47 Å². The number of ether oxygens (including phenoxy) is 2. The quantitative estimate of drug-likeness (QED) is 0.472. The number of morpholine rings is 1. The first-order chi connectivity index (χ1) is 15.3. The third-order valence-electron chi connectivity index (χ3n) is 5.21. The Morgan fingerprint density at radius 2 is 2.06 bits per heavy atom. The molecule has 0 saturated carbocycles. The monoisotopic (exact) mass is 437 g/mol. The van der Waals surface area contributed by atoms with Crippen molar-refractivity contribution in [2.75, 3.05) is 51.8 Å². The number of pyridine rings is 1. The van der Waals surface area contributed by atoms with E-state index in [2.05, 4.69) is 25.6 Å². The van der Waals surface area contributed by atoms with Gasteiger partial charge in [0.2, 0.25) is 5.88 Å². The average Bonchev–Trinajstić information content (AvgIpc) is 3.49. The summed E-state index contributed by atoms with van der Waals surface area (Å²) in [6.07, 6.45) is 3.52. The average molecular weight is 438 g/mol. The summed E-state index contributed by atoms with van der Waals surface area (Å²) in [4.78, 5) is 20.9. The van der Waals surface area contributed by atoms with Gasteiger partial charge in [-0.05, 0) is 17.5 Å². The zero-order valence-electron chi connectivity index (χ0n) is 17.2. The predicted octanol–water partition coefficient (Wildman–Crippen LogP) is 2.69. The minimum Gasteiger partial charge on any atom is -0.481 e. The van der Waals surface area contributed by atoms with Gasteiger partial charge in [-0.2, -0.15) is 11.3 Å². The van der Waals surface area contributed by atoms with E-state index in [0.717, 1.165) is 67.6 Å². The van der Waals surface area contributed by atoms with E-state index in [1.807, 2.05) is 28.1 Å². The topological polar surface area (TPSA) is 90.2 Å². The molecule has 1 aliphatic heterocycles. The highest BCUT2D eigenvalue weighted by Crippen LogP contribution is 2.27. The third-order valence-corrected chi connectivity index (χ3v) is 5.88. The highest BCUT2D eigenvalue weighted by atomic mass is 32.1. The molecule has 0 radical (unpaired) electrons. The van der Waals surface area contributed by atoms with Crippen molar-refractivity contribution in [1.29, 1.82) is 0 Å². The highest BCUT2D eigenvalue weighted by Gasteiger charge is 2.17. The lowest BCUT2D eigenvalue weighted by Gasteiger charge is -2.26. The summed E-state index contributed by atoms with van der Waals surface area (Å²) in [6, 6.07) is 5.77. The van der Waals surface area contributed by atoms with Gasteiger partial charge in [-0.15, -0.1) is 0 Å². The molecule has 1 N–H and O–H groups in total. The van der Waals surface area contributed by atoms with Gasteiger partial charge < -0.3 is 14.8 Å². The molecule has 4 aromatic rings. The molecular weight excluding hydrogens is 414 g/mol. The Kier molecular flexibility index (Phi) is 5.74. The van der Waals surface area contributed by atoms with Crippen LogP contribution in [0.3, 0.4) is 0 Å². The Bertz CT molecular complexity index is 1140. The van der Waals surface area contributed by atoms with Gasteiger partial charge in [0.25, 0.3) is 0 Å². The van der Waals surface area contributed by atoms with Crippen LogP contribution >= 0.6 is 11.3 Å². The van der Waals surface area contributed by atoms with Gasteiger partial charge in [0, 0.05) is 49.4 Å². The fraction of sp³-hybridized carbons (Fsp3) is 0.333. The number of nitrogens with zero attached hydrogens (tertiary/aromatic N) is 6. The van der Waals surface area contributed by atoms with Crippen molar-refractivity contribution in [2.24, 2.45) is 0 Å². The second kappa shape index (κ2) is 8.96. The van der Waals surface area contributed by atoms with Crippen LogP contribution in [-0.2, 0) is 4.74 Å². The van der Waals surface area contributed by atoms with E-state index in [1.165, 1.54) is 0 Å². The van der Waals surface area contributed by atoms with Crippen molar-refractivity contribution in [3.63, 3.8) is 0 Å². The smallest absolute Gasteiger partial charge is 0.212 e. The van der Waals surface area contributed by atoms with Crippen molar-refractivity contribution in [3.05, 3.63) is 41.5 Å². The zero-order valence-corrected chi connectivity index (χ0v) is 18.0. The largest absolute Gasteiger partial charge is 0.481 e. The van der Waals surface area contributed by atoms with Gasteiger partial charge in [-0.25, -0.2) is 19.9 Å². The molecule has 0 aromatic carbocycles. The standard InChI is InChI=1S/C21H23N7O2S/c1-29-17-3-2-15(12-23-17)19-25-20(22-5-6-27-7-9-30-10-8-27)18-21(26-19)28(14-24-18)16-4-11-31-13-16/h2-4,11-14H,5-10H2,1H3,(H,22,25,26). The molecule has 1 aliphatic rings. The lowest BCUT2D eigenvalue weighted by molar-refractivity contribution is 0.0398. The molecule has 10 heteroatoms. The maximum absolute atomic E-state index is 5.43. The number of anilines is 1. The molecule has 5 heterocycles. The van der Waals surface area contributed by atoms with Gasteiger partial charge in [0.05, 0.1) is 26.0 Å². The van der Waals surface area contributed by atoms with Crippen molar-refractivity contribution in [3.8, 4) is 23.0 Å². The van der Waals surface area contributed by atoms with Crippen LogP contribution in [0.1, 0.15) is 0 Å². The minimum atomic E-state index is 0.553. The van der Waals surface area contributed by atoms with Gasteiger partial charge >= 0.3 is 0 Å². The molecule has 160 valence electrons. The van der Waals surface area contributed by atoms with E-state index < -0.39 is 0 Å². The van der Waals surface area contributed by atoms with Crippen molar-refractivity contribution < 1.29 is 9.47 Å². The van der Waals surface area contributed by atoms with E-state index in [4.69, 9.17) is 19.4 Å². The fourth-order valence-electron chi connectivity index (χ4n) is 3.53. The number of hydrogen-bond donors (Lipinski definition) is 1. The molecule has 0 spiro atoms. The van der Waals surface area contributed by atoms with Crippen LogP contribution in [0.2, 0.25) is 0 Å². The van der Waals surface area contributed by atoms with Gasteiger partial charge in [0.15, 0.2) is 22.8 Å². The second-order valence-corrected chi connectivity index (χ2v) is 7.91. The SMILES string of the molecule is COc1ccc(-c2nc(NCCN3CCOCC3)c3ncn(-c4ccsc4)c3n2)cn1. The van der Waals surface area contributed by atoms with Gasteiger partial charge in [-0.1, -0.05) is 0 Å². The summed E-state index contributed by atoms with van der Waals surface area (Å²) in [5.41, 5.74) is 3.35. The minimum absolute atomic E-state index is 0.553. The van der Waals surface area contributed by atoms with E-state index >= 15 is 0 Å². The predicted molar refractivity (Wildman–Crippen MR) is 120 cm³/mol. The number of nitrogens with one attached hydrogen (secondary N) is 1. The molecule has 0 aliphatic carbocycles. The summed E-state index contributed by atoms with van der Waals surface area (Å²) in [5.74, 6) is 1.86. The Labute approximate surface area is 183 Å². The summed E-state index contributed by atoms with van der Waals surface area (Å²) < 4.78 is 12.6. The molecule has 0 amide bonds. The molecule has 0 atom stereocenters. The van der Waals surface area contributed by atoms with Crippen molar-refractivity contribution in [2.45, 2.75) is 0 Å². The van der Waals surface area contributed by atoms with E-state index in [9.17, 15) is 0 Å². The van der Waals surface area contributed by atoms with Crippen LogP contribution in [0, 0.1) is 0 Å². The van der Waals surface area contributed by atoms with Gasteiger partial charge in [0.1, 0.15) is 6.33 Å². The summed E-state index contributed by atoms with van der Waals surface area (Å²) in [5, 5.41) is 7.59. The number of rotatable bonds is 7. The summed E-state index contributed by atoms with van der Waals surface area (Å²) >= 11 is 1.64. The summed E-state index contributed by atoms with van der Waals surface area (Å²) in [6.45, 7) is 5.17. The molecule has 1 saturated heterocycles.